The predicted octanol–water partition coefficient (Wildman–Crippen LogP) is 5.42. The van der Waals surface area contributed by atoms with Crippen molar-refractivity contribution in [2.24, 2.45) is 0 Å². The normalized spacial score (nSPS) is 16.4. The quantitative estimate of drug-likeness (QED) is 0.344. The number of methoxy groups -OCH3 is 1. The number of ether oxygens (including phenoxy) is 1. The Morgan fingerprint density at radius 1 is 1.06 bits per heavy atom. The molecule has 35 heavy (non-hydrogen) atoms. The monoisotopic (exact) mass is 506 g/mol. The third kappa shape index (κ3) is 4.99. The van der Waals surface area contributed by atoms with Crippen molar-refractivity contribution in [3.8, 4) is 21.7 Å². The number of hydrogen-bond acceptors (Lipinski definition) is 7. The van der Waals surface area contributed by atoms with Gasteiger partial charge in [0.2, 0.25) is 10.0 Å². The zero-order valence-electron chi connectivity index (χ0n) is 19.3. The Labute approximate surface area is 209 Å². The van der Waals surface area contributed by atoms with Gasteiger partial charge in [-0.05, 0) is 54.8 Å². The van der Waals surface area contributed by atoms with Crippen molar-refractivity contribution < 1.29 is 13.2 Å². The molecule has 5 rings (SSSR count). The first-order valence-corrected chi connectivity index (χ1v) is 13.7. The lowest BCUT2D eigenvalue weighted by atomic mass is 10.1. The molecule has 0 radical (unpaired) electrons. The van der Waals surface area contributed by atoms with E-state index in [0.717, 1.165) is 45.4 Å². The molecule has 1 saturated heterocycles. The Morgan fingerprint density at radius 2 is 1.83 bits per heavy atom. The Hall–Kier alpha value is -3.11. The summed E-state index contributed by atoms with van der Waals surface area (Å²) in [6.07, 6.45) is 5.21. The predicted molar refractivity (Wildman–Crippen MR) is 139 cm³/mol. The fraction of sp³-hybridized carbons (Fsp3) is 0.231. The minimum atomic E-state index is -3.57. The number of aromatic nitrogens is 2. The van der Waals surface area contributed by atoms with Gasteiger partial charge >= 0.3 is 0 Å². The zero-order valence-corrected chi connectivity index (χ0v) is 20.9. The average molecular weight is 507 g/mol. The van der Waals surface area contributed by atoms with Crippen molar-refractivity contribution in [3.63, 3.8) is 0 Å². The van der Waals surface area contributed by atoms with E-state index in [1.54, 1.807) is 59.4 Å². The largest absolute Gasteiger partial charge is 0.383 e. The summed E-state index contributed by atoms with van der Waals surface area (Å²) in [5.74, 6) is 0. The van der Waals surface area contributed by atoms with Crippen LogP contribution in [0.5, 0.6) is 0 Å². The van der Waals surface area contributed by atoms with Gasteiger partial charge in [0.15, 0.2) is 5.13 Å². The van der Waals surface area contributed by atoms with Crippen molar-refractivity contribution in [2.75, 3.05) is 25.6 Å². The van der Waals surface area contributed by atoms with E-state index in [0.29, 0.717) is 13.2 Å². The highest BCUT2D eigenvalue weighted by Gasteiger charge is 2.35. The molecule has 2 aromatic heterocycles. The summed E-state index contributed by atoms with van der Waals surface area (Å²) >= 11 is 1.55. The summed E-state index contributed by atoms with van der Waals surface area (Å²) < 4.78 is 33.2. The van der Waals surface area contributed by atoms with Crippen LogP contribution < -0.4 is 5.32 Å². The molecule has 0 bridgehead atoms. The molecular formula is C26H26N4O3S2. The number of sulfonamides is 1. The lowest BCUT2D eigenvalue weighted by Gasteiger charge is -2.23. The van der Waals surface area contributed by atoms with E-state index in [2.05, 4.69) is 22.4 Å². The molecule has 0 aliphatic carbocycles. The van der Waals surface area contributed by atoms with E-state index in [4.69, 9.17) is 9.72 Å². The molecule has 0 spiro atoms. The van der Waals surface area contributed by atoms with Crippen LogP contribution in [0.1, 0.15) is 12.8 Å². The Bertz CT molecular complexity index is 1320. The number of thiazole rings is 1. The second-order valence-corrected chi connectivity index (χ2v) is 11.2. The average Bonchev–Trinajstić information content (AvgIpc) is 3.54. The molecule has 1 atom stereocenters. The maximum Gasteiger partial charge on any atom is 0.243 e. The highest BCUT2D eigenvalue weighted by atomic mass is 32.2. The summed E-state index contributed by atoms with van der Waals surface area (Å²) in [4.78, 5) is 10.4. The molecule has 1 aliphatic heterocycles. The third-order valence-electron chi connectivity index (χ3n) is 5.99. The van der Waals surface area contributed by atoms with Gasteiger partial charge in [-0.2, -0.15) is 4.31 Å². The van der Waals surface area contributed by atoms with Gasteiger partial charge < -0.3 is 10.1 Å². The van der Waals surface area contributed by atoms with Crippen LogP contribution in [-0.2, 0) is 14.8 Å². The minimum Gasteiger partial charge on any atom is -0.383 e. The number of hydrogen-bond donors (Lipinski definition) is 1. The van der Waals surface area contributed by atoms with Crippen molar-refractivity contribution in [1.82, 2.24) is 14.3 Å². The first-order valence-electron chi connectivity index (χ1n) is 11.4. The molecule has 9 heteroatoms. The van der Waals surface area contributed by atoms with Crippen LogP contribution in [0, 0.1) is 0 Å². The number of pyridine rings is 1. The van der Waals surface area contributed by atoms with E-state index < -0.39 is 10.0 Å². The first-order chi connectivity index (χ1) is 17.1. The summed E-state index contributed by atoms with van der Waals surface area (Å²) in [6.45, 7) is 0.931. The summed E-state index contributed by atoms with van der Waals surface area (Å²) in [5.41, 5.74) is 3.64. The van der Waals surface area contributed by atoms with Gasteiger partial charge in [-0.25, -0.2) is 13.4 Å². The van der Waals surface area contributed by atoms with Crippen LogP contribution >= 0.6 is 11.3 Å². The van der Waals surface area contributed by atoms with Gasteiger partial charge in [0, 0.05) is 43.3 Å². The highest BCUT2D eigenvalue weighted by Crippen LogP contribution is 2.39. The third-order valence-corrected chi connectivity index (χ3v) is 8.98. The molecule has 4 aromatic rings. The molecule has 1 aliphatic rings. The topological polar surface area (TPSA) is 84.4 Å². The minimum absolute atomic E-state index is 0.111. The second kappa shape index (κ2) is 10.2. The molecule has 0 saturated carbocycles. The van der Waals surface area contributed by atoms with Crippen molar-refractivity contribution >= 4 is 32.2 Å². The van der Waals surface area contributed by atoms with Crippen molar-refractivity contribution in [3.05, 3.63) is 79.1 Å². The molecule has 7 nitrogen and oxygen atoms in total. The van der Waals surface area contributed by atoms with Gasteiger partial charge in [0.25, 0.3) is 0 Å². The fourth-order valence-corrected chi connectivity index (χ4v) is 7.00. The zero-order chi connectivity index (χ0) is 24.3. The van der Waals surface area contributed by atoms with Crippen LogP contribution in [0.15, 0.2) is 84.0 Å². The summed E-state index contributed by atoms with van der Waals surface area (Å²) in [6, 6.07) is 20.8. The second-order valence-electron chi connectivity index (χ2n) is 8.32. The van der Waals surface area contributed by atoms with E-state index in [9.17, 15) is 8.42 Å². The molecule has 3 heterocycles. The standard InChI is InChI=1S/C26H26N4O3S2/c1-33-18-22-10-6-16-30(22)35(31,32)23-13-11-21(12-14-23)28-26-29-24(20-9-5-15-27-17-20)25(34-26)19-7-3-2-4-8-19/h2-5,7-9,11-15,17,22H,6,10,16,18H2,1H3,(H,28,29). The summed E-state index contributed by atoms with van der Waals surface area (Å²) in [5, 5.41) is 4.06. The van der Waals surface area contributed by atoms with Crippen molar-refractivity contribution in [2.45, 2.75) is 23.8 Å². The molecule has 1 unspecified atom stereocenters. The van der Waals surface area contributed by atoms with Gasteiger partial charge in [-0.1, -0.05) is 41.7 Å². The molecule has 1 fully saturated rings. The molecule has 1 N–H and O–H groups in total. The fourth-order valence-electron chi connectivity index (χ4n) is 4.31. The number of rotatable bonds is 8. The van der Waals surface area contributed by atoms with Gasteiger partial charge in [-0.3, -0.25) is 4.98 Å². The van der Waals surface area contributed by atoms with Gasteiger partial charge in [0.05, 0.1) is 22.1 Å². The Morgan fingerprint density at radius 3 is 2.54 bits per heavy atom. The van der Waals surface area contributed by atoms with Crippen molar-refractivity contribution in [1.29, 1.82) is 0 Å². The SMILES string of the molecule is COCC1CCCN1S(=O)(=O)c1ccc(Nc2nc(-c3cccnc3)c(-c3ccccc3)s2)cc1. The summed E-state index contributed by atoms with van der Waals surface area (Å²) in [7, 11) is -1.97. The first kappa shape index (κ1) is 23.6. The lowest BCUT2D eigenvalue weighted by molar-refractivity contribution is 0.149. The van der Waals surface area contributed by atoms with Crippen LogP contribution in [0.2, 0.25) is 0 Å². The van der Waals surface area contributed by atoms with Crippen LogP contribution in [-0.4, -0.2) is 49.0 Å². The van der Waals surface area contributed by atoms with E-state index in [1.807, 2.05) is 30.3 Å². The lowest BCUT2D eigenvalue weighted by Crippen LogP contribution is -2.38. The number of benzene rings is 2. The molecule has 180 valence electrons. The van der Waals surface area contributed by atoms with Gasteiger partial charge in [0.1, 0.15) is 0 Å². The van der Waals surface area contributed by atoms with Crippen LogP contribution in [0.25, 0.3) is 21.7 Å². The van der Waals surface area contributed by atoms with E-state index >= 15 is 0 Å². The maximum atomic E-state index is 13.2. The molecule has 2 aromatic carbocycles. The van der Waals surface area contributed by atoms with E-state index in [-0.39, 0.29) is 10.9 Å². The molecular weight excluding hydrogens is 480 g/mol. The van der Waals surface area contributed by atoms with Gasteiger partial charge in [-0.15, -0.1) is 0 Å². The van der Waals surface area contributed by atoms with Crippen LogP contribution in [0.4, 0.5) is 10.8 Å². The van der Waals surface area contributed by atoms with E-state index in [1.165, 1.54) is 0 Å². The number of nitrogens with zero attached hydrogens (tertiary/aromatic N) is 3. The number of anilines is 2. The number of nitrogens with one attached hydrogen (secondary N) is 1. The Balaban J connectivity index is 1.41. The maximum absolute atomic E-state index is 13.2. The Kier molecular flexibility index (Phi) is 6.92. The smallest absolute Gasteiger partial charge is 0.243 e. The highest BCUT2D eigenvalue weighted by molar-refractivity contribution is 7.89. The van der Waals surface area contributed by atoms with Crippen LogP contribution in [0.3, 0.4) is 0 Å². The molecule has 0 amide bonds.